The van der Waals surface area contributed by atoms with E-state index in [-0.39, 0.29) is 12.2 Å². The molecule has 4 rings (SSSR count). The summed E-state index contributed by atoms with van der Waals surface area (Å²) in [4.78, 5) is 12.7. The molecule has 0 bridgehead atoms. The van der Waals surface area contributed by atoms with E-state index in [1.807, 2.05) is 31.2 Å². The maximum atomic E-state index is 12.7. The van der Waals surface area contributed by atoms with Gasteiger partial charge in [0.1, 0.15) is 17.3 Å². The first-order valence-corrected chi connectivity index (χ1v) is 7.60. The lowest BCUT2D eigenvalue weighted by atomic mass is 10.1. The van der Waals surface area contributed by atoms with E-state index in [0.29, 0.717) is 39.5 Å². The number of rotatable bonds is 2. The van der Waals surface area contributed by atoms with Crippen molar-refractivity contribution in [2.24, 2.45) is 0 Å². The molecule has 0 saturated heterocycles. The number of ether oxygens (including phenoxy) is 3. The van der Waals surface area contributed by atoms with Crippen molar-refractivity contribution in [1.29, 1.82) is 0 Å². The van der Waals surface area contributed by atoms with Gasteiger partial charge in [-0.15, -0.1) is 0 Å². The SMILES string of the molecule is COc1cc(-c2ccc3c(c2)OCO3)cc(=O)c2c(C)oc(C)c12. The zero-order valence-corrected chi connectivity index (χ0v) is 13.6. The Morgan fingerprint density at radius 1 is 0.917 bits per heavy atom. The first-order valence-electron chi connectivity index (χ1n) is 7.60. The van der Waals surface area contributed by atoms with Crippen LogP contribution in [0.5, 0.6) is 17.2 Å². The van der Waals surface area contributed by atoms with Crippen molar-refractivity contribution in [2.75, 3.05) is 13.9 Å². The molecule has 5 heteroatoms. The molecule has 0 N–H and O–H groups in total. The summed E-state index contributed by atoms with van der Waals surface area (Å²) in [6.07, 6.45) is 0. The monoisotopic (exact) mass is 324 g/mol. The highest BCUT2D eigenvalue weighted by Gasteiger charge is 2.18. The Balaban J connectivity index is 2.02. The second-order valence-corrected chi connectivity index (χ2v) is 5.71. The smallest absolute Gasteiger partial charge is 0.231 e. The van der Waals surface area contributed by atoms with Crippen LogP contribution in [0.25, 0.3) is 21.9 Å². The van der Waals surface area contributed by atoms with Crippen LogP contribution in [0, 0.1) is 13.8 Å². The summed E-state index contributed by atoms with van der Waals surface area (Å²) >= 11 is 0. The fraction of sp³-hybridized carbons (Fsp3) is 0.211. The minimum Gasteiger partial charge on any atom is -0.496 e. The summed E-state index contributed by atoms with van der Waals surface area (Å²) in [5.41, 5.74) is 1.51. The van der Waals surface area contributed by atoms with Crippen LogP contribution >= 0.6 is 0 Å². The molecule has 122 valence electrons. The van der Waals surface area contributed by atoms with Gasteiger partial charge in [0.05, 0.1) is 17.9 Å². The average Bonchev–Trinajstić information content (AvgIpc) is 3.09. The van der Waals surface area contributed by atoms with Gasteiger partial charge in [0.15, 0.2) is 16.9 Å². The maximum absolute atomic E-state index is 12.7. The molecule has 1 aliphatic heterocycles. The first kappa shape index (κ1) is 14.6. The van der Waals surface area contributed by atoms with Crippen LogP contribution in [0.2, 0.25) is 0 Å². The van der Waals surface area contributed by atoms with Gasteiger partial charge in [-0.1, -0.05) is 6.07 Å². The molecule has 1 aromatic heterocycles. The van der Waals surface area contributed by atoms with Crippen LogP contribution < -0.4 is 19.6 Å². The lowest BCUT2D eigenvalue weighted by Gasteiger charge is -2.03. The fourth-order valence-electron chi connectivity index (χ4n) is 3.15. The first-order chi connectivity index (χ1) is 11.6. The Labute approximate surface area is 138 Å². The quantitative estimate of drug-likeness (QED) is 0.717. The molecular formula is C19H16O5. The number of methoxy groups -OCH3 is 1. The number of aryl methyl sites for hydroxylation is 2. The van der Waals surface area contributed by atoms with Crippen LogP contribution in [0.1, 0.15) is 11.5 Å². The molecule has 0 amide bonds. The molecule has 1 aliphatic rings. The van der Waals surface area contributed by atoms with Gasteiger partial charge in [0.25, 0.3) is 0 Å². The zero-order valence-electron chi connectivity index (χ0n) is 13.6. The van der Waals surface area contributed by atoms with E-state index in [1.165, 1.54) is 0 Å². The average molecular weight is 324 g/mol. The van der Waals surface area contributed by atoms with Gasteiger partial charge in [0.2, 0.25) is 6.79 Å². The van der Waals surface area contributed by atoms with Gasteiger partial charge in [-0.2, -0.15) is 0 Å². The van der Waals surface area contributed by atoms with Crippen molar-refractivity contribution in [3.63, 3.8) is 0 Å². The van der Waals surface area contributed by atoms with Gasteiger partial charge in [-0.3, -0.25) is 4.79 Å². The standard InChI is InChI=1S/C19H16O5/c1-10-18-14(20)6-13(8-17(21-3)19(18)11(2)24-10)12-4-5-15-16(7-12)23-9-22-15/h4-8H,9H2,1-3H3. The Morgan fingerprint density at radius 3 is 2.46 bits per heavy atom. The second-order valence-electron chi connectivity index (χ2n) is 5.71. The molecule has 0 atom stereocenters. The van der Waals surface area contributed by atoms with Gasteiger partial charge >= 0.3 is 0 Å². The zero-order chi connectivity index (χ0) is 16.8. The third kappa shape index (κ3) is 2.12. The van der Waals surface area contributed by atoms with Crippen LogP contribution in [-0.2, 0) is 0 Å². The Bertz CT molecular complexity index is 1020. The van der Waals surface area contributed by atoms with Gasteiger partial charge in [-0.05, 0) is 49.2 Å². The van der Waals surface area contributed by atoms with Crippen LogP contribution in [0.3, 0.4) is 0 Å². The minimum atomic E-state index is -0.102. The summed E-state index contributed by atoms with van der Waals surface area (Å²) in [5.74, 6) is 3.25. The molecule has 0 spiro atoms. The van der Waals surface area contributed by atoms with E-state index in [4.69, 9.17) is 18.6 Å². The molecule has 0 aliphatic carbocycles. The largest absolute Gasteiger partial charge is 0.496 e. The van der Waals surface area contributed by atoms with E-state index in [2.05, 4.69) is 0 Å². The molecule has 3 aromatic rings. The Kier molecular flexibility index (Phi) is 3.23. The lowest BCUT2D eigenvalue weighted by Crippen LogP contribution is -1.96. The van der Waals surface area contributed by atoms with Crippen molar-refractivity contribution < 1.29 is 18.6 Å². The van der Waals surface area contributed by atoms with Crippen LogP contribution in [0.4, 0.5) is 0 Å². The Hall–Kier alpha value is -2.95. The van der Waals surface area contributed by atoms with E-state index >= 15 is 0 Å². The number of benzene rings is 1. The second kappa shape index (κ2) is 5.30. The van der Waals surface area contributed by atoms with Crippen molar-refractivity contribution in [3.8, 4) is 28.4 Å². The van der Waals surface area contributed by atoms with Crippen LogP contribution in [-0.4, -0.2) is 13.9 Å². The number of hydrogen-bond donors (Lipinski definition) is 0. The molecule has 0 unspecified atom stereocenters. The molecule has 0 radical (unpaired) electrons. The highest BCUT2D eigenvalue weighted by atomic mass is 16.7. The lowest BCUT2D eigenvalue weighted by molar-refractivity contribution is 0.174. The van der Waals surface area contributed by atoms with Gasteiger partial charge < -0.3 is 18.6 Å². The minimum absolute atomic E-state index is 0.102. The van der Waals surface area contributed by atoms with Crippen molar-refractivity contribution in [1.82, 2.24) is 0 Å². The molecular weight excluding hydrogens is 308 g/mol. The number of fused-ring (bicyclic) bond motifs is 2. The molecule has 2 aromatic carbocycles. The molecule has 24 heavy (non-hydrogen) atoms. The summed E-state index contributed by atoms with van der Waals surface area (Å²) in [6.45, 7) is 3.83. The van der Waals surface area contributed by atoms with Crippen molar-refractivity contribution >= 4 is 10.8 Å². The summed E-state index contributed by atoms with van der Waals surface area (Å²) in [5, 5.41) is 1.27. The van der Waals surface area contributed by atoms with E-state index in [0.717, 1.165) is 11.1 Å². The maximum Gasteiger partial charge on any atom is 0.231 e. The highest BCUT2D eigenvalue weighted by molar-refractivity contribution is 5.93. The molecule has 0 saturated carbocycles. The van der Waals surface area contributed by atoms with Crippen molar-refractivity contribution in [3.05, 3.63) is 52.1 Å². The molecule has 0 fully saturated rings. The molecule has 2 heterocycles. The van der Waals surface area contributed by atoms with Gasteiger partial charge in [0, 0.05) is 0 Å². The van der Waals surface area contributed by atoms with Crippen LogP contribution in [0.15, 0.2) is 39.5 Å². The van der Waals surface area contributed by atoms with E-state index < -0.39 is 0 Å². The third-order valence-electron chi connectivity index (χ3n) is 4.25. The topological polar surface area (TPSA) is 57.9 Å². The normalized spacial score (nSPS) is 12.6. The summed E-state index contributed by atoms with van der Waals surface area (Å²) < 4.78 is 21.9. The highest BCUT2D eigenvalue weighted by Crippen LogP contribution is 2.37. The van der Waals surface area contributed by atoms with E-state index in [9.17, 15) is 4.79 Å². The third-order valence-corrected chi connectivity index (χ3v) is 4.25. The van der Waals surface area contributed by atoms with Gasteiger partial charge in [-0.25, -0.2) is 0 Å². The van der Waals surface area contributed by atoms with E-state index in [1.54, 1.807) is 20.1 Å². The summed E-state index contributed by atoms with van der Waals surface area (Å²) in [7, 11) is 1.59. The van der Waals surface area contributed by atoms with Crippen molar-refractivity contribution in [2.45, 2.75) is 13.8 Å². The predicted molar refractivity (Wildman–Crippen MR) is 90.1 cm³/mol. The predicted octanol–water partition coefficient (Wildman–Crippen LogP) is 3.81. The Morgan fingerprint density at radius 2 is 1.67 bits per heavy atom. The fourth-order valence-corrected chi connectivity index (χ4v) is 3.15. The number of hydrogen-bond acceptors (Lipinski definition) is 5. The summed E-state index contributed by atoms with van der Waals surface area (Å²) in [6, 6.07) is 9.06. The number of furan rings is 1. The molecule has 5 nitrogen and oxygen atoms in total.